The van der Waals surface area contributed by atoms with Crippen LogP contribution in [0.5, 0.6) is 5.75 Å². The van der Waals surface area contributed by atoms with Gasteiger partial charge in [-0.1, -0.05) is 12.1 Å². The molecule has 0 spiro atoms. The van der Waals surface area contributed by atoms with E-state index in [4.69, 9.17) is 14.2 Å². The highest BCUT2D eigenvalue weighted by Crippen LogP contribution is 2.45. The quantitative estimate of drug-likeness (QED) is 0.413. The first-order valence-electron chi connectivity index (χ1n) is 9.30. The maximum Gasteiger partial charge on any atom is 0.337 e. The Morgan fingerprint density at radius 1 is 1.17 bits per heavy atom. The summed E-state index contributed by atoms with van der Waals surface area (Å²) in [6, 6.07) is 13.1. The Hall–Kier alpha value is -3.13. The van der Waals surface area contributed by atoms with E-state index in [2.05, 4.69) is 0 Å². The van der Waals surface area contributed by atoms with Gasteiger partial charge in [-0.15, -0.1) is 0 Å². The summed E-state index contributed by atoms with van der Waals surface area (Å²) < 4.78 is 16.6. The van der Waals surface area contributed by atoms with Crippen LogP contribution in [0.15, 0.2) is 48.5 Å². The number of carbonyl (C=O) groups excluding carboxylic acids is 1. The molecule has 0 aliphatic carbocycles. The highest BCUT2D eigenvalue weighted by atomic mass is 16.6. The normalized spacial score (nSPS) is 20.3. The van der Waals surface area contributed by atoms with Gasteiger partial charge in [-0.25, -0.2) is 4.79 Å². The lowest BCUT2D eigenvalue weighted by atomic mass is 9.98. The minimum absolute atomic E-state index is 0.00499. The lowest BCUT2D eigenvalue weighted by molar-refractivity contribution is -0.384. The zero-order valence-electron chi connectivity index (χ0n) is 16.8. The second-order valence-electron chi connectivity index (χ2n) is 7.10. The maximum absolute atomic E-state index is 12.7. The summed E-state index contributed by atoms with van der Waals surface area (Å²) in [7, 11) is 1.58. The van der Waals surface area contributed by atoms with Crippen molar-refractivity contribution in [2.75, 3.05) is 18.6 Å². The number of nitro groups is 1. The van der Waals surface area contributed by atoms with E-state index in [1.807, 2.05) is 43.0 Å². The molecule has 3 rings (SSSR count). The van der Waals surface area contributed by atoms with Crippen LogP contribution >= 0.6 is 0 Å². The first kappa shape index (κ1) is 20.6. The molecule has 154 valence electrons. The van der Waals surface area contributed by atoms with E-state index in [0.29, 0.717) is 11.4 Å². The fourth-order valence-electron chi connectivity index (χ4n) is 3.64. The molecule has 1 fully saturated rings. The van der Waals surface area contributed by atoms with Gasteiger partial charge in [-0.05, 0) is 50.6 Å². The number of benzene rings is 2. The van der Waals surface area contributed by atoms with E-state index in [-0.39, 0.29) is 12.3 Å². The highest BCUT2D eigenvalue weighted by molar-refractivity contribution is 5.78. The molecular formula is C21H24N2O6. The molecule has 1 heterocycles. The van der Waals surface area contributed by atoms with Gasteiger partial charge in [0.2, 0.25) is 0 Å². The molecule has 1 saturated heterocycles. The molecule has 1 aliphatic heterocycles. The van der Waals surface area contributed by atoms with Crippen LogP contribution in [0.1, 0.15) is 32.4 Å². The molecule has 29 heavy (non-hydrogen) atoms. The Kier molecular flexibility index (Phi) is 5.74. The number of methoxy groups -OCH3 is 1. The molecule has 2 aromatic rings. The number of nitro benzene ring substituents is 1. The summed E-state index contributed by atoms with van der Waals surface area (Å²) >= 11 is 0. The van der Waals surface area contributed by atoms with Crippen LogP contribution in [0.3, 0.4) is 0 Å². The maximum atomic E-state index is 12.7. The van der Waals surface area contributed by atoms with Gasteiger partial charge in [-0.3, -0.25) is 10.1 Å². The summed E-state index contributed by atoms with van der Waals surface area (Å²) in [6.07, 6.45) is -0.853. The minimum atomic E-state index is -0.853. The summed E-state index contributed by atoms with van der Waals surface area (Å²) in [4.78, 5) is 25.2. The average Bonchev–Trinajstić information content (AvgIpc) is 2.99. The molecule has 2 unspecified atom stereocenters. The molecule has 8 nitrogen and oxygen atoms in total. The number of hydrogen-bond donors (Lipinski definition) is 0. The molecular weight excluding hydrogens is 376 g/mol. The lowest BCUT2D eigenvalue weighted by Crippen LogP contribution is -2.41. The predicted octanol–water partition coefficient (Wildman–Crippen LogP) is 3.85. The number of esters is 1. The molecule has 0 amide bonds. The van der Waals surface area contributed by atoms with Crippen molar-refractivity contribution in [2.45, 2.75) is 38.6 Å². The standard InChI is InChI=1S/C21H24N2O6/c1-5-28-20(24)19-18(14-6-12-17(27-4)13-7-14)22(21(2,3)29-19)15-8-10-16(11-9-15)23(25)26/h6-13,18-19H,5H2,1-4H3. The topological polar surface area (TPSA) is 91.1 Å². The Bertz CT molecular complexity index is 879. The van der Waals surface area contributed by atoms with Crippen molar-refractivity contribution in [3.05, 3.63) is 64.2 Å². The van der Waals surface area contributed by atoms with Crippen molar-refractivity contribution in [3.63, 3.8) is 0 Å². The van der Waals surface area contributed by atoms with E-state index in [9.17, 15) is 14.9 Å². The van der Waals surface area contributed by atoms with Gasteiger partial charge < -0.3 is 19.1 Å². The van der Waals surface area contributed by atoms with Gasteiger partial charge >= 0.3 is 5.97 Å². The number of ether oxygens (including phenoxy) is 3. The van der Waals surface area contributed by atoms with Gasteiger partial charge in [0.15, 0.2) is 6.10 Å². The predicted molar refractivity (Wildman–Crippen MR) is 107 cm³/mol. The Morgan fingerprint density at radius 3 is 2.31 bits per heavy atom. The first-order valence-corrected chi connectivity index (χ1v) is 9.30. The van der Waals surface area contributed by atoms with E-state index < -0.39 is 28.8 Å². The third-order valence-corrected chi connectivity index (χ3v) is 4.88. The summed E-state index contributed by atoms with van der Waals surface area (Å²) in [6.45, 7) is 5.69. The molecule has 0 saturated carbocycles. The molecule has 0 bridgehead atoms. The van der Waals surface area contributed by atoms with E-state index >= 15 is 0 Å². The van der Waals surface area contributed by atoms with Crippen molar-refractivity contribution in [1.29, 1.82) is 0 Å². The van der Waals surface area contributed by atoms with Crippen LogP contribution in [-0.2, 0) is 14.3 Å². The third kappa shape index (κ3) is 4.02. The van der Waals surface area contributed by atoms with Crippen LogP contribution in [-0.4, -0.2) is 36.4 Å². The molecule has 0 aromatic heterocycles. The Morgan fingerprint density at radius 2 is 1.79 bits per heavy atom. The SMILES string of the molecule is CCOC(=O)C1OC(C)(C)N(c2ccc([N+](=O)[O-])cc2)C1c1ccc(OC)cc1. The van der Waals surface area contributed by atoms with Crippen LogP contribution in [0.2, 0.25) is 0 Å². The summed E-state index contributed by atoms with van der Waals surface area (Å²) in [5, 5.41) is 11.0. The van der Waals surface area contributed by atoms with E-state index in [0.717, 1.165) is 5.56 Å². The Labute approximate surface area is 169 Å². The van der Waals surface area contributed by atoms with Gasteiger partial charge in [0.1, 0.15) is 11.5 Å². The number of non-ortho nitro benzene ring substituents is 1. The summed E-state index contributed by atoms with van der Waals surface area (Å²) in [5.74, 6) is 0.243. The van der Waals surface area contributed by atoms with Gasteiger partial charge in [0, 0.05) is 17.8 Å². The monoisotopic (exact) mass is 400 g/mol. The van der Waals surface area contributed by atoms with Crippen molar-refractivity contribution >= 4 is 17.3 Å². The van der Waals surface area contributed by atoms with Crippen molar-refractivity contribution in [2.24, 2.45) is 0 Å². The smallest absolute Gasteiger partial charge is 0.337 e. The summed E-state index contributed by atoms with van der Waals surface area (Å²) in [5.41, 5.74) is 0.689. The zero-order chi connectivity index (χ0) is 21.2. The van der Waals surface area contributed by atoms with E-state index in [1.54, 1.807) is 26.2 Å². The number of anilines is 1. The van der Waals surface area contributed by atoms with Crippen molar-refractivity contribution < 1.29 is 23.9 Å². The van der Waals surface area contributed by atoms with Gasteiger partial charge in [0.25, 0.3) is 5.69 Å². The fraction of sp³-hybridized carbons (Fsp3) is 0.381. The van der Waals surface area contributed by atoms with Crippen LogP contribution in [0.25, 0.3) is 0 Å². The fourth-order valence-corrected chi connectivity index (χ4v) is 3.64. The molecule has 8 heteroatoms. The first-order chi connectivity index (χ1) is 13.8. The minimum Gasteiger partial charge on any atom is -0.497 e. The molecule has 1 aliphatic rings. The second-order valence-corrected chi connectivity index (χ2v) is 7.10. The third-order valence-electron chi connectivity index (χ3n) is 4.88. The average molecular weight is 400 g/mol. The molecule has 0 N–H and O–H groups in total. The lowest BCUT2D eigenvalue weighted by Gasteiger charge is -2.35. The molecule has 2 aromatic carbocycles. The highest BCUT2D eigenvalue weighted by Gasteiger charge is 2.51. The molecule has 2 atom stereocenters. The molecule has 0 radical (unpaired) electrons. The van der Waals surface area contributed by atoms with Crippen LogP contribution in [0, 0.1) is 10.1 Å². The van der Waals surface area contributed by atoms with Gasteiger partial charge in [0.05, 0.1) is 24.7 Å². The van der Waals surface area contributed by atoms with Crippen LogP contribution in [0.4, 0.5) is 11.4 Å². The number of hydrogen-bond acceptors (Lipinski definition) is 7. The largest absolute Gasteiger partial charge is 0.497 e. The Balaban J connectivity index is 2.08. The van der Waals surface area contributed by atoms with Gasteiger partial charge in [-0.2, -0.15) is 0 Å². The number of carbonyl (C=O) groups is 1. The van der Waals surface area contributed by atoms with Crippen molar-refractivity contribution in [3.8, 4) is 5.75 Å². The van der Waals surface area contributed by atoms with Crippen LogP contribution < -0.4 is 9.64 Å². The van der Waals surface area contributed by atoms with Crippen molar-refractivity contribution in [1.82, 2.24) is 0 Å². The number of nitrogens with zero attached hydrogens (tertiary/aromatic N) is 2. The zero-order valence-corrected chi connectivity index (χ0v) is 16.8. The number of rotatable bonds is 6. The second kappa shape index (κ2) is 8.08. The van der Waals surface area contributed by atoms with E-state index in [1.165, 1.54) is 12.1 Å².